The Hall–Kier alpha value is -1.29. The number of rotatable bonds is 1. The number of amides is 1. The number of hydrogen-bond donors (Lipinski definition) is 0. The zero-order chi connectivity index (χ0) is 13.6. The van der Waals surface area contributed by atoms with Crippen LogP contribution in [0.1, 0.15) is 32.3 Å². The largest absolute Gasteiger partial charge is 0.353 e. The molecule has 1 amide bonds. The Morgan fingerprint density at radius 2 is 1.84 bits per heavy atom. The molecule has 3 nitrogen and oxygen atoms in total. The van der Waals surface area contributed by atoms with Gasteiger partial charge in [0.15, 0.2) is 7.98 Å². The van der Waals surface area contributed by atoms with E-state index in [9.17, 15) is 4.79 Å². The highest BCUT2D eigenvalue weighted by molar-refractivity contribution is 6.09. The Labute approximate surface area is 116 Å². The molecule has 0 bridgehead atoms. The molecule has 2 aliphatic rings. The van der Waals surface area contributed by atoms with E-state index in [1.54, 1.807) is 0 Å². The number of carbonyl (C=O) groups excluding carboxylic acids is 1. The number of hydrogen-bond acceptors (Lipinski definition) is 2. The van der Waals surface area contributed by atoms with E-state index in [0.29, 0.717) is 0 Å². The molecule has 1 spiro atoms. The Morgan fingerprint density at radius 3 is 2.47 bits per heavy atom. The van der Waals surface area contributed by atoms with Gasteiger partial charge in [-0.25, -0.2) is 0 Å². The van der Waals surface area contributed by atoms with E-state index < -0.39 is 0 Å². The molecule has 0 saturated carbocycles. The van der Waals surface area contributed by atoms with Crippen LogP contribution >= 0.6 is 0 Å². The third-order valence-corrected chi connectivity index (χ3v) is 4.48. The van der Waals surface area contributed by atoms with Gasteiger partial charge in [-0.2, -0.15) is 0 Å². The van der Waals surface area contributed by atoms with Crippen molar-refractivity contribution in [2.45, 2.75) is 38.1 Å². The zero-order valence-corrected chi connectivity index (χ0v) is 11.6. The second kappa shape index (κ2) is 4.38. The minimum Gasteiger partial charge on any atom is -0.353 e. The van der Waals surface area contributed by atoms with Crippen molar-refractivity contribution in [1.29, 1.82) is 0 Å². The number of piperidine rings is 1. The molecule has 4 heteroatoms. The average molecular weight is 254 g/mol. The first-order valence-electron chi connectivity index (χ1n) is 6.99. The molecule has 0 atom stereocenters. The van der Waals surface area contributed by atoms with E-state index in [-0.39, 0.29) is 17.4 Å². The first-order chi connectivity index (χ1) is 9.06. The van der Waals surface area contributed by atoms with Crippen LogP contribution in [0.4, 0.5) is 5.69 Å². The highest BCUT2D eigenvalue weighted by atomic mass is 16.2. The summed E-state index contributed by atoms with van der Waals surface area (Å²) in [5.74, 6) is 0.261. The number of benzene rings is 1. The molecule has 2 heterocycles. The molecule has 98 valence electrons. The third kappa shape index (κ3) is 1.73. The maximum atomic E-state index is 13.0. The number of anilines is 1. The van der Waals surface area contributed by atoms with Crippen molar-refractivity contribution in [3.8, 4) is 0 Å². The summed E-state index contributed by atoms with van der Waals surface area (Å²) in [4.78, 5) is 16.7. The minimum atomic E-state index is -0.337. The highest BCUT2D eigenvalue weighted by Crippen LogP contribution is 2.48. The van der Waals surface area contributed by atoms with Crippen LogP contribution in [0.25, 0.3) is 0 Å². The quantitative estimate of drug-likeness (QED) is 0.714. The zero-order valence-electron chi connectivity index (χ0n) is 11.6. The van der Waals surface area contributed by atoms with Gasteiger partial charge in [-0.15, -0.1) is 0 Å². The number of para-hydroxylation sites is 1. The van der Waals surface area contributed by atoms with Crippen LogP contribution in [0.5, 0.6) is 0 Å². The van der Waals surface area contributed by atoms with Crippen LogP contribution in [0.2, 0.25) is 0 Å². The molecule has 1 saturated heterocycles. The van der Waals surface area contributed by atoms with E-state index in [2.05, 4.69) is 26.0 Å². The average Bonchev–Trinajstić information content (AvgIpc) is 2.63. The van der Waals surface area contributed by atoms with E-state index in [1.165, 1.54) is 5.56 Å². The predicted octanol–water partition coefficient (Wildman–Crippen LogP) is 1.86. The van der Waals surface area contributed by atoms with Gasteiger partial charge in [0.05, 0.1) is 5.41 Å². The van der Waals surface area contributed by atoms with Crippen LogP contribution in [-0.2, 0) is 10.2 Å². The van der Waals surface area contributed by atoms with Gasteiger partial charge in [-0.3, -0.25) is 4.79 Å². The summed E-state index contributed by atoms with van der Waals surface area (Å²) in [6.07, 6.45) is 1.64. The lowest BCUT2D eigenvalue weighted by atomic mass is 9.73. The molecule has 1 fully saturated rings. The summed E-state index contributed by atoms with van der Waals surface area (Å²) in [6, 6.07) is 8.42. The summed E-state index contributed by atoms with van der Waals surface area (Å²) in [5.41, 5.74) is 1.95. The molecule has 2 aliphatic heterocycles. The van der Waals surface area contributed by atoms with E-state index in [1.807, 2.05) is 21.8 Å². The van der Waals surface area contributed by atoms with Gasteiger partial charge in [-0.1, -0.05) is 18.2 Å². The fourth-order valence-electron chi connectivity index (χ4n) is 3.45. The lowest BCUT2D eigenvalue weighted by Crippen LogP contribution is -2.49. The fraction of sp³-hybridized carbons (Fsp3) is 0.533. The molecule has 0 unspecified atom stereocenters. The molecular weight excluding hydrogens is 235 g/mol. The van der Waals surface area contributed by atoms with Crippen molar-refractivity contribution in [3.63, 3.8) is 0 Å². The molecule has 1 aromatic rings. The Morgan fingerprint density at radius 1 is 1.21 bits per heavy atom. The van der Waals surface area contributed by atoms with Gasteiger partial charge < -0.3 is 9.71 Å². The van der Waals surface area contributed by atoms with Gasteiger partial charge in [0.1, 0.15) is 0 Å². The van der Waals surface area contributed by atoms with Gasteiger partial charge in [0.25, 0.3) is 0 Å². The molecule has 3 rings (SSSR count). The van der Waals surface area contributed by atoms with Crippen molar-refractivity contribution < 1.29 is 4.79 Å². The van der Waals surface area contributed by atoms with Crippen LogP contribution in [0, 0.1) is 0 Å². The molecule has 2 radical (unpaired) electrons. The number of carbonyl (C=O) groups is 1. The second-order valence-corrected chi connectivity index (χ2v) is 5.90. The Kier molecular flexibility index (Phi) is 2.93. The van der Waals surface area contributed by atoms with E-state index >= 15 is 0 Å². The molecule has 19 heavy (non-hydrogen) atoms. The first kappa shape index (κ1) is 12.7. The summed E-state index contributed by atoms with van der Waals surface area (Å²) in [6.45, 7) is 5.72. The topological polar surface area (TPSA) is 23.6 Å². The molecule has 0 N–H and O–H groups in total. The van der Waals surface area contributed by atoms with Crippen molar-refractivity contribution >= 4 is 19.6 Å². The maximum absolute atomic E-state index is 13.0. The Bertz CT molecular complexity index is 507. The monoisotopic (exact) mass is 254 g/mol. The molecule has 0 aliphatic carbocycles. The summed E-state index contributed by atoms with van der Waals surface area (Å²) >= 11 is 0. The lowest BCUT2D eigenvalue weighted by molar-refractivity contribution is -0.124. The van der Waals surface area contributed by atoms with Crippen LogP contribution in [0.15, 0.2) is 24.3 Å². The SMILES string of the molecule is [B]N1CCC2(CC1)C(=O)N(C(C)C)c1ccccc12. The van der Waals surface area contributed by atoms with Crippen LogP contribution in [-0.4, -0.2) is 37.8 Å². The van der Waals surface area contributed by atoms with Crippen LogP contribution in [0.3, 0.4) is 0 Å². The number of nitrogens with zero attached hydrogens (tertiary/aromatic N) is 2. The van der Waals surface area contributed by atoms with Gasteiger partial charge in [-0.05, 0) is 51.4 Å². The summed E-state index contributed by atoms with van der Waals surface area (Å²) in [7, 11) is 5.85. The highest BCUT2D eigenvalue weighted by Gasteiger charge is 2.51. The standard InChI is InChI=1S/C15H19BN2O/c1-11(2)18-13-6-4-3-5-12(13)15(14(18)19)7-9-17(16)10-8-15/h3-6,11H,7-10H2,1-2H3. The van der Waals surface area contributed by atoms with E-state index in [4.69, 9.17) is 7.98 Å². The molecular formula is C15H19BN2O. The van der Waals surface area contributed by atoms with E-state index in [0.717, 1.165) is 31.6 Å². The van der Waals surface area contributed by atoms with Crippen molar-refractivity contribution in [3.05, 3.63) is 29.8 Å². The van der Waals surface area contributed by atoms with Crippen molar-refractivity contribution in [2.75, 3.05) is 18.0 Å². The smallest absolute Gasteiger partial charge is 0.238 e. The van der Waals surface area contributed by atoms with Crippen molar-refractivity contribution in [2.24, 2.45) is 0 Å². The number of fused-ring (bicyclic) bond motifs is 2. The van der Waals surface area contributed by atoms with Crippen LogP contribution < -0.4 is 4.90 Å². The van der Waals surface area contributed by atoms with Gasteiger partial charge in [0, 0.05) is 11.7 Å². The fourth-order valence-corrected chi connectivity index (χ4v) is 3.45. The van der Waals surface area contributed by atoms with Gasteiger partial charge >= 0.3 is 0 Å². The first-order valence-corrected chi connectivity index (χ1v) is 6.99. The molecule has 0 aromatic heterocycles. The maximum Gasteiger partial charge on any atom is 0.238 e. The summed E-state index contributed by atoms with van der Waals surface area (Å²) in [5, 5.41) is 0. The lowest BCUT2D eigenvalue weighted by Gasteiger charge is -2.37. The normalized spacial score (nSPS) is 22.3. The minimum absolute atomic E-state index is 0.198. The predicted molar refractivity (Wildman–Crippen MR) is 77.3 cm³/mol. The van der Waals surface area contributed by atoms with Gasteiger partial charge in [0.2, 0.25) is 5.91 Å². The second-order valence-electron chi connectivity index (χ2n) is 5.90. The third-order valence-electron chi connectivity index (χ3n) is 4.48. The van der Waals surface area contributed by atoms with Crippen molar-refractivity contribution in [1.82, 2.24) is 4.81 Å². The summed E-state index contributed by atoms with van der Waals surface area (Å²) < 4.78 is 0. The Balaban J connectivity index is 2.09. The molecule has 1 aromatic carbocycles.